The summed E-state index contributed by atoms with van der Waals surface area (Å²) in [4.78, 5) is 12.6. The van der Waals surface area contributed by atoms with Gasteiger partial charge in [-0.2, -0.15) is 0 Å². The van der Waals surface area contributed by atoms with Gasteiger partial charge in [0, 0.05) is 11.3 Å². The molecule has 27 heavy (non-hydrogen) atoms. The number of carbonyl (C=O) groups is 1. The highest BCUT2D eigenvalue weighted by Crippen LogP contribution is 2.21. The number of amides is 1. The van der Waals surface area contributed by atoms with E-state index in [1.54, 1.807) is 19.1 Å². The Morgan fingerprint density at radius 1 is 0.963 bits per heavy atom. The Bertz CT molecular complexity index is 1080. The van der Waals surface area contributed by atoms with E-state index in [0.717, 1.165) is 11.1 Å². The number of benzene rings is 3. The van der Waals surface area contributed by atoms with Crippen molar-refractivity contribution in [1.29, 1.82) is 0 Å². The number of sulfonamides is 1. The number of rotatable bonds is 5. The highest BCUT2D eigenvalue weighted by atomic mass is 32.2. The Balaban J connectivity index is 1.87. The van der Waals surface area contributed by atoms with Crippen molar-refractivity contribution in [2.24, 2.45) is 5.14 Å². The number of nitrogens with one attached hydrogen (secondary N) is 1. The molecule has 0 fully saturated rings. The molecular weight excluding hydrogens is 360 g/mol. The van der Waals surface area contributed by atoms with Gasteiger partial charge in [-0.3, -0.25) is 4.79 Å². The maximum absolute atomic E-state index is 12.7. The van der Waals surface area contributed by atoms with Gasteiger partial charge in [-0.25, -0.2) is 13.6 Å². The average molecular weight is 380 g/mol. The molecular formula is C21H20N2O3S. The van der Waals surface area contributed by atoms with E-state index in [4.69, 9.17) is 5.14 Å². The number of aryl methyl sites for hydroxylation is 1. The lowest BCUT2D eigenvalue weighted by Gasteiger charge is -2.12. The molecule has 3 N–H and O–H groups in total. The average Bonchev–Trinajstić information content (AvgIpc) is 2.63. The lowest BCUT2D eigenvalue weighted by molar-refractivity contribution is 0.102. The van der Waals surface area contributed by atoms with E-state index in [1.165, 1.54) is 6.07 Å². The van der Waals surface area contributed by atoms with Gasteiger partial charge >= 0.3 is 0 Å². The number of hydrogen-bond acceptors (Lipinski definition) is 3. The molecule has 1 amide bonds. The minimum absolute atomic E-state index is 0.0484. The van der Waals surface area contributed by atoms with Gasteiger partial charge in [0.05, 0.1) is 4.90 Å². The SMILES string of the molecule is Cc1ccc(C(=O)Nc2ccccc2Cc2ccccc2)cc1S(N)(=O)=O. The molecule has 3 aromatic rings. The molecule has 0 aliphatic rings. The van der Waals surface area contributed by atoms with Crippen LogP contribution in [-0.2, 0) is 16.4 Å². The van der Waals surface area contributed by atoms with Crippen LogP contribution >= 0.6 is 0 Å². The summed E-state index contributed by atoms with van der Waals surface area (Å²) in [5.41, 5.74) is 3.52. The van der Waals surface area contributed by atoms with Crippen LogP contribution in [0.2, 0.25) is 0 Å². The van der Waals surface area contributed by atoms with Gasteiger partial charge in [0.1, 0.15) is 0 Å². The predicted molar refractivity (Wildman–Crippen MR) is 106 cm³/mol. The molecule has 138 valence electrons. The molecule has 0 aromatic heterocycles. The third-order valence-corrected chi connectivity index (χ3v) is 5.31. The van der Waals surface area contributed by atoms with Crippen molar-refractivity contribution in [1.82, 2.24) is 0 Å². The maximum atomic E-state index is 12.7. The Kier molecular flexibility index (Phi) is 5.39. The number of para-hydroxylation sites is 1. The second-order valence-electron chi connectivity index (χ2n) is 6.30. The summed E-state index contributed by atoms with van der Waals surface area (Å²) in [5.74, 6) is -0.389. The van der Waals surface area contributed by atoms with Crippen LogP contribution in [0.4, 0.5) is 5.69 Å². The standard InChI is InChI=1S/C21H20N2O3S/c1-15-11-12-18(14-20(15)27(22,25)26)21(24)23-19-10-6-5-9-17(19)13-16-7-3-2-4-8-16/h2-12,14H,13H2,1H3,(H,23,24)(H2,22,25,26). The van der Waals surface area contributed by atoms with Crippen molar-refractivity contribution >= 4 is 21.6 Å². The second kappa shape index (κ2) is 7.73. The van der Waals surface area contributed by atoms with Crippen LogP contribution in [0.3, 0.4) is 0 Å². The van der Waals surface area contributed by atoms with Crippen molar-refractivity contribution in [3.8, 4) is 0 Å². The van der Waals surface area contributed by atoms with Crippen LogP contribution in [0.5, 0.6) is 0 Å². The number of hydrogen-bond donors (Lipinski definition) is 2. The Hall–Kier alpha value is -2.96. The first kappa shape index (κ1) is 18.8. The van der Waals surface area contributed by atoms with Gasteiger partial charge < -0.3 is 5.32 Å². The maximum Gasteiger partial charge on any atom is 0.255 e. The smallest absolute Gasteiger partial charge is 0.255 e. The molecule has 6 heteroatoms. The van der Waals surface area contributed by atoms with Crippen molar-refractivity contribution in [2.75, 3.05) is 5.32 Å². The highest BCUT2D eigenvalue weighted by Gasteiger charge is 2.16. The molecule has 0 aliphatic carbocycles. The van der Waals surface area contributed by atoms with E-state index >= 15 is 0 Å². The van der Waals surface area contributed by atoms with Crippen molar-refractivity contribution in [3.63, 3.8) is 0 Å². The zero-order valence-electron chi connectivity index (χ0n) is 14.8. The van der Waals surface area contributed by atoms with Crippen LogP contribution in [0, 0.1) is 6.92 Å². The molecule has 0 unspecified atom stereocenters. The van der Waals surface area contributed by atoms with E-state index in [-0.39, 0.29) is 16.4 Å². The van der Waals surface area contributed by atoms with Crippen LogP contribution in [-0.4, -0.2) is 14.3 Å². The van der Waals surface area contributed by atoms with Gasteiger partial charge in [0.15, 0.2) is 0 Å². The monoisotopic (exact) mass is 380 g/mol. The van der Waals surface area contributed by atoms with E-state index in [0.29, 0.717) is 17.7 Å². The van der Waals surface area contributed by atoms with E-state index in [1.807, 2.05) is 54.6 Å². The lowest BCUT2D eigenvalue weighted by atomic mass is 10.0. The summed E-state index contributed by atoms with van der Waals surface area (Å²) < 4.78 is 23.4. The first-order valence-corrected chi connectivity index (χ1v) is 9.96. The fourth-order valence-corrected chi connectivity index (χ4v) is 3.66. The number of primary sulfonamides is 1. The van der Waals surface area contributed by atoms with E-state index < -0.39 is 10.0 Å². The largest absolute Gasteiger partial charge is 0.322 e. The minimum Gasteiger partial charge on any atom is -0.322 e. The molecule has 0 aliphatic heterocycles. The Labute approximate surface area is 158 Å². The molecule has 3 aromatic carbocycles. The van der Waals surface area contributed by atoms with Gasteiger partial charge in [0.25, 0.3) is 5.91 Å². The number of carbonyl (C=O) groups excluding carboxylic acids is 1. The molecule has 0 atom stereocenters. The minimum atomic E-state index is -3.89. The molecule has 0 heterocycles. The summed E-state index contributed by atoms with van der Waals surface area (Å²) in [6.07, 6.45) is 0.674. The van der Waals surface area contributed by atoms with Crippen molar-refractivity contribution in [2.45, 2.75) is 18.2 Å². The Morgan fingerprint density at radius 3 is 2.33 bits per heavy atom. The molecule has 0 saturated heterocycles. The molecule has 3 rings (SSSR count). The first-order chi connectivity index (χ1) is 12.8. The van der Waals surface area contributed by atoms with E-state index in [2.05, 4.69) is 5.32 Å². The molecule has 0 saturated carbocycles. The van der Waals surface area contributed by atoms with Crippen molar-refractivity contribution < 1.29 is 13.2 Å². The van der Waals surface area contributed by atoms with E-state index in [9.17, 15) is 13.2 Å². The summed E-state index contributed by atoms with van der Waals surface area (Å²) in [7, 11) is -3.89. The van der Waals surface area contributed by atoms with Crippen LogP contribution in [0.15, 0.2) is 77.7 Å². The van der Waals surface area contributed by atoms with Crippen LogP contribution in [0.1, 0.15) is 27.0 Å². The summed E-state index contributed by atoms with van der Waals surface area (Å²) in [6, 6.07) is 21.9. The lowest BCUT2D eigenvalue weighted by Crippen LogP contribution is -2.17. The van der Waals surface area contributed by atoms with Gasteiger partial charge in [-0.05, 0) is 48.2 Å². The van der Waals surface area contributed by atoms with Gasteiger partial charge in [0.2, 0.25) is 10.0 Å². The number of nitrogens with two attached hydrogens (primary N) is 1. The highest BCUT2D eigenvalue weighted by molar-refractivity contribution is 7.89. The third kappa shape index (κ3) is 4.61. The van der Waals surface area contributed by atoms with Gasteiger partial charge in [-0.15, -0.1) is 0 Å². The number of anilines is 1. The Morgan fingerprint density at radius 2 is 1.63 bits per heavy atom. The predicted octanol–water partition coefficient (Wildman–Crippen LogP) is 3.49. The zero-order valence-corrected chi connectivity index (χ0v) is 15.7. The second-order valence-corrected chi connectivity index (χ2v) is 7.83. The fraction of sp³-hybridized carbons (Fsp3) is 0.0952. The summed E-state index contributed by atoms with van der Waals surface area (Å²) in [5, 5.41) is 8.10. The fourth-order valence-electron chi connectivity index (χ4n) is 2.85. The van der Waals surface area contributed by atoms with Crippen LogP contribution < -0.4 is 10.5 Å². The van der Waals surface area contributed by atoms with Crippen molar-refractivity contribution in [3.05, 3.63) is 95.1 Å². The zero-order chi connectivity index (χ0) is 19.4. The molecule has 0 spiro atoms. The van der Waals surface area contributed by atoms with Gasteiger partial charge in [-0.1, -0.05) is 54.6 Å². The summed E-state index contributed by atoms with van der Waals surface area (Å²) in [6.45, 7) is 1.64. The molecule has 0 bridgehead atoms. The normalized spacial score (nSPS) is 11.2. The topological polar surface area (TPSA) is 89.3 Å². The van der Waals surface area contributed by atoms with Crippen LogP contribution in [0.25, 0.3) is 0 Å². The first-order valence-electron chi connectivity index (χ1n) is 8.41. The quantitative estimate of drug-likeness (QED) is 0.710. The molecule has 5 nitrogen and oxygen atoms in total. The third-order valence-electron chi connectivity index (χ3n) is 4.26. The molecule has 0 radical (unpaired) electrons. The summed E-state index contributed by atoms with van der Waals surface area (Å²) >= 11 is 0.